The molecule has 0 spiro atoms. The SMILES string of the molecule is CC1CCN(Cc2ccc(F)c(B(O)O)c2)C(C)C1. The Labute approximate surface area is 114 Å². The van der Waals surface area contributed by atoms with Gasteiger partial charge in [-0.25, -0.2) is 4.39 Å². The van der Waals surface area contributed by atoms with Gasteiger partial charge in [-0.1, -0.05) is 19.1 Å². The first-order valence-corrected chi connectivity index (χ1v) is 6.86. The molecule has 2 N–H and O–H groups in total. The fourth-order valence-corrected chi connectivity index (χ4v) is 2.81. The number of benzene rings is 1. The van der Waals surface area contributed by atoms with Crippen molar-refractivity contribution in [1.82, 2.24) is 4.90 Å². The molecular weight excluding hydrogens is 244 g/mol. The highest BCUT2D eigenvalue weighted by Gasteiger charge is 2.23. The summed E-state index contributed by atoms with van der Waals surface area (Å²) in [6.07, 6.45) is 2.36. The number of rotatable bonds is 3. The number of piperidine rings is 1. The van der Waals surface area contributed by atoms with Gasteiger partial charge in [0.25, 0.3) is 0 Å². The Morgan fingerprint density at radius 3 is 2.74 bits per heavy atom. The van der Waals surface area contributed by atoms with Crippen LogP contribution in [0.3, 0.4) is 0 Å². The minimum atomic E-state index is -1.75. The topological polar surface area (TPSA) is 43.7 Å². The fourth-order valence-electron chi connectivity index (χ4n) is 2.81. The van der Waals surface area contributed by atoms with E-state index in [-0.39, 0.29) is 5.46 Å². The van der Waals surface area contributed by atoms with E-state index >= 15 is 0 Å². The van der Waals surface area contributed by atoms with Gasteiger partial charge in [-0.05, 0) is 43.9 Å². The summed E-state index contributed by atoms with van der Waals surface area (Å²) in [4.78, 5) is 2.36. The quantitative estimate of drug-likeness (QED) is 0.805. The molecule has 0 radical (unpaired) electrons. The van der Waals surface area contributed by atoms with Crippen LogP contribution in [0.1, 0.15) is 32.3 Å². The molecule has 104 valence electrons. The highest BCUT2D eigenvalue weighted by molar-refractivity contribution is 6.58. The summed E-state index contributed by atoms with van der Waals surface area (Å²) in [6.45, 7) is 6.25. The average molecular weight is 265 g/mol. The van der Waals surface area contributed by atoms with Gasteiger partial charge in [0.2, 0.25) is 0 Å². The average Bonchev–Trinajstić information content (AvgIpc) is 2.34. The van der Waals surface area contributed by atoms with Crippen molar-refractivity contribution in [2.24, 2.45) is 5.92 Å². The lowest BCUT2D eigenvalue weighted by Crippen LogP contribution is -2.40. The van der Waals surface area contributed by atoms with E-state index in [9.17, 15) is 4.39 Å². The van der Waals surface area contributed by atoms with Crippen LogP contribution in [0, 0.1) is 11.7 Å². The zero-order valence-electron chi connectivity index (χ0n) is 11.5. The van der Waals surface area contributed by atoms with Crippen molar-refractivity contribution in [3.05, 3.63) is 29.6 Å². The van der Waals surface area contributed by atoms with Crippen LogP contribution in [-0.2, 0) is 6.54 Å². The molecule has 19 heavy (non-hydrogen) atoms. The third-order valence-corrected chi connectivity index (χ3v) is 4.00. The van der Waals surface area contributed by atoms with Crippen molar-refractivity contribution in [2.45, 2.75) is 39.3 Å². The molecule has 5 heteroatoms. The first-order chi connectivity index (χ1) is 8.97. The monoisotopic (exact) mass is 265 g/mol. The van der Waals surface area contributed by atoms with Crippen molar-refractivity contribution < 1.29 is 14.4 Å². The number of nitrogens with zero attached hydrogens (tertiary/aromatic N) is 1. The third kappa shape index (κ3) is 3.56. The highest BCUT2D eigenvalue weighted by Crippen LogP contribution is 2.23. The van der Waals surface area contributed by atoms with Crippen LogP contribution in [-0.4, -0.2) is 34.7 Å². The second kappa shape index (κ2) is 6.03. The van der Waals surface area contributed by atoms with Gasteiger partial charge in [-0.15, -0.1) is 0 Å². The Balaban J connectivity index is 2.09. The van der Waals surface area contributed by atoms with Crippen molar-refractivity contribution in [1.29, 1.82) is 0 Å². The molecule has 1 aromatic rings. The predicted octanol–water partition coefficient (Wildman–Crippen LogP) is 1.13. The smallest absolute Gasteiger partial charge is 0.423 e. The number of hydrogen-bond donors (Lipinski definition) is 2. The van der Waals surface area contributed by atoms with Crippen LogP contribution in [0.5, 0.6) is 0 Å². The van der Waals surface area contributed by atoms with Crippen LogP contribution in [0.2, 0.25) is 0 Å². The molecular formula is C14H21BFNO2. The molecule has 0 saturated carbocycles. The first kappa shape index (κ1) is 14.5. The zero-order chi connectivity index (χ0) is 14.0. The maximum atomic E-state index is 13.4. The molecule has 1 aliphatic rings. The lowest BCUT2D eigenvalue weighted by molar-refractivity contribution is 0.122. The standard InChI is InChI=1S/C14H21BFNO2/c1-10-5-6-17(11(2)7-10)9-12-3-4-14(16)13(8-12)15(18)19/h3-4,8,10-11,18-19H,5-7,9H2,1-2H3. The number of likely N-dealkylation sites (tertiary alicyclic amines) is 1. The molecule has 2 atom stereocenters. The maximum absolute atomic E-state index is 13.4. The molecule has 1 aromatic carbocycles. The van der Waals surface area contributed by atoms with Crippen molar-refractivity contribution >= 4 is 12.6 Å². The number of hydrogen-bond acceptors (Lipinski definition) is 3. The van der Waals surface area contributed by atoms with Crippen molar-refractivity contribution in [2.75, 3.05) is 6.54 Å². The molecule has 1 aliphatic heterocycles. The van der Waals surface area contributed by atoms with E-state index in [2.05, 4.69) is 18.7 Å². The van der Waals surface area contributed by atoms with Gasteiger partial charge in [-0.2, -0.15) is 0 Å². The van der Waals surface area contributed by atoms with Crippen LogP contribution in [0.4, 0.5) is 4.39 Å². The van der Waals surface area contributed by atoms with E-state index in [1.165, 1.54) is 18.9 Å². The molecule has 0 aromatic heterocycles. The molecule has 1 saturated heterocycles. The number of halogens is 1. The minimum absolute atomic E-state index is 0.0458. The minimum Gasteiger partial charge on any atom is -0.423 e. The lowest BCUT2D eigenvalue weighted by Gasteiger charge is -2.36. The third-order valence-electron chi connectivity index (χ3n) is 4.00. The van der Waals surface area contributed by atoms with Crippen LogP contribution >= 0.6 is 0 Å². The van der Waals surface area contributed by atoms with Gasteiger partial charge in [-0.3, -0.25) is 4.90 Å². The van der Waals surface area contributed by atoms with E-state index in [1.807, 2.05) is 0 Å². The van der Waals surface area contributed by atoms with E-state index in [0.29, 0.717) is 6.04 Å². The summed E-state index contributed by atoms with van der Waals surface area (Å²) in [6, 6.07) is 5.08. The zero-order valence-corrected chi connectivity index (χ0v) is 11.5. The summed E-state index contributed by atoms with van der Waals surface area (Å²) in [5, 5.41) is 18.2. The Bertz CT molecular complexity index is 441. The molecule has 0 aliphatic carbocycles. The van der Waals surface area contributed by atoms with Crippen LogP contribution in [0.15, 0.2) is 18.2 Å². The van der Waals surface area contributed by atoms with Crippen molar-refractivity contribution in [3.8, 4) is 0 Å². The molecule has 2 rings (SSSR count). The molecule has 3 nitrogen and oxygen atoms in total. The second-order valence-corrected chi connectivity index (χ2v) is 5.68. The Morgan fingerprint density at radius 1 is 1.37 bits per heavy atom. The lowest BCUT2D eigenvalue weighted by atomic mass is 9.79. The fraction of sp³-hybridized carbons (Fsp3) is 0.571. The Morgan fingerprint density at radius 2 is 2.11 bits per heavy atom. The maximum Gasteiger partial charge on any atom is 0.491 e. The van der Waals surface area contributed by atoms with Gasteiger partial charge in [0.1, 0.15) is 5.82 Å². The van der Waals surface area contributed by atoms with Gasteiger partial charge in [0.15, 0.2) is 0 Å². The summed E-state index contributed by atoms with van der Waals surface area (Å²) < 4.78 is 13.4. The molecule has 0 amide bonds. The first-order valence-electron chi connectivity index (χ1n) is 6.86. The van der Waals surface area contributed by atoms with E-state index in [4.69, 9.17) is 10.0 Å². The largest absolute Gasteiger partial charge is 0.491 e. The molecule has 1 heterocycles. The summed E-state index contributed by atoms with van der Waals surface area (Å²) in [7, 11) is -1.75. The second-order valence-electron chi connectivity index (χ2n) is 5.68. The Hall–Kier alpha value is -0.905. The van der Waals surface area contributed by atoms with E-state index in [0.717, 1.165) is 24.6 Å². The van der Waals surface area contributed by atoms with Crippen LogP contribution < -0.4 is 5.46 Å². The van der Waals surface area contributed by atoms with Gasteiger partial charge in [0, 0.05) is 18.0 Å². The molecule has 2 unspecified atom stereocenters. The van der Waals surface area contributed by atoms with Gasteiger partial charge < -0.3 is 10.0 Å². The van der Waals surface area contributed by atoms with E-state index in [1.54, 1.807) is 12.1 Å². The predicted molar refractivity (Wildman–Crippen MR) is 74.5 cm³/mol. The molecule has 1 fully saturated rings. The van der Waals surface area contributed by atoms with Gasteiger partial charge in [0.05, 0.1) is 0 Å². The summed E-state index contributed by atoms with van der Waals surface area (Å²) in [5.74, 6) is 0.188. The normalized spacial score (nSPS) is 24.5. The van der Waals surface area contributed by atoms with E-state index < -0.39 is 12.9 Å². The highest BCUT2D eigenvalue weighted by atomic mass is 19.1. The van der Waals surface area contributed by atoms with Crippen LogP contribution in [0.25, 0.3) is 0 Å². The van der Waals surface area contributed by atoms with Gasteiger partial charge >= 0.3 is 7.12 Å². The summed E-state index contributed by atoms with van der Waals surface area (Å²) >= 11 is 0. The Kier molecular flexibility index (Phi) is 4.60. The summed E-state index contributed by atoms with van der Waals surface area (Å²) in [5.41, 5.74) is 0.876. The molecule has 0 bridgehead atoms. The van der Waals surface area contributed by atoms with Crippen molar-refractivity contribution in [3.63, 3.8) is 0 Å².